The molecule has 1 aliphatic rings. The summed E-state index contributed by atoms with van der Waals surface area (Å²) in [5.74, 6) is 0.0311. The third-order valence-corrected chi connectivity index (χ3v) is 3.66. The smallest absolute Gasteiger partial charge is 0.246 e. The molecule has 2 rings (SSSR count). The SMILES string of the molecule is CC1CN(c2cccc(C#N)c2)C(CN)C(=O)N1C. The number of benzene rings is 1. The molecule has 1 heterocycles. The van der Waals surface area contributed by atoms with Gasteiger partial charge in [-0.25, -0.2) is 0 Å². The van der Waals surface area contributed by atoms with E-state index in [1.54, 1.807) is 24.1 Å². The zero-order chi connectivity index (χ0) is 14.0. The first-order chi connectivity index (χ1) is 9.08. The Labute approximate surface area is 113 Å². The van der Waals surface area contributed by atoms with Crippen molar-refractivity contribution in [3.05, 3.63) is 29.8 Å². The summed E-state index contributed by atoms with van der Waals surface area (Å²) in [6, 6.07) is 9.18. The lowest BCUT2D eigenvalue weighted by molar-refractivity contribution is -0.134. The Balaban J connectivity index is 2.36. The molecule has 0 saturated carbocycles. The third-order valence-electron chi connectivity index (χ3n) is 3.66. The number of nitrogens with two attached hydrogens (primary N) is 1. The second-order valence-corrected chi connectivity index (χ2v) is 4.86. The quantitative estimate of drug-likeness (QED) is 0.841. The van der Waals surface area contributed by atoms with Crippen LogP contribution in [0, 0.1) is 11.3 Å². The number of nitriles is 1. The molecule has 2 atom stereocenters. The van der Waals surface area contributed by atoms with E-state index in [0.717, 1.165) is 12.2 Å². The minimum atomic E-state index is -0.352. The van der Waals surface area contributed by atoms with Crippen LogP contribution in [0.4, 0.5) is 5.69 Å². The lowest BCUT2D eigenvalue weighted by atomic mass is 10.0. The first kappa shape index (κ1) is 13.4. The van der Waals surface area contributed by atoms with Crippen molar-refractivity contribution in [1.29, 1.82) is 5.26 Å². The van der Waals surface area contributed by atoms with Gasteiger partial charge in [-0.3, -0.25) is 4.79 Å². The van der Waals surface area contributed by atoms with Crippen molar-refractivity contribution in [3.63, 3.8) is 0 Å². The number of nitrogens with zero attached hydrogens (tertiary/aromatic N) is 3. The summed E-state index contributed by atoms with van der Waals surface area (Å²) in [5, 5.41) is 8.96. The van der Waals surface area contributed by atoms with Crippen molar-refractivity contribution < 1.29 is 4.79 Å². The normalized spacial score (nSPS) is 23.4. The van der Waals surface area contributed by atoms with Crippen molar-refractivity contribution in [2.24, 2.45) is 5.73 Å². The molecule has 5 heteroatoms. The topological polar surface area (TPSA) is 73.4 Å². The van der Waals surface area contributed by atoms with Crippen molar-refractivity contribution in [1.82, 2.24) is 4.90 Å². The van der Waals surface area contributed by atoms with E-state index in [1.165, 1.54) is 0 Å². The number of carbonyl (C=O) groups is 1. The van der Waals surface area contributed by atoms with Crippen LogP contribution in [0.2, 0.25) is 0 Å². The third kappa shape index (κ3) is 2.40. The van der Waals surface area contributed by atoms with E-state index in [4.69, 9.17) is 11.0 Å². The van der Waals surface area contributed by atoms with Gasteiger partial charge >= 0.3 is 0 Å². The summed E-state index contributed by atoms with van der Waals surface area (Å²) in [5.41, 5.74) is 7.21. The van der Waals surface area contributed by atoms with Gasteiger partial charge in [-0.2, -0.15) is 5.26 Å². The van der Waals surface area contributed by atoms with Gasteiger partial charge in [0.05, 0.1) is 11.6 Å². The molecule has 0 spiro atoms. The average molecular weight is 258 g/mol. The van der Waals surface area contributed by atoms with Gasteiger partial charge in [0.15, 0.2) is 0 Å². The van der Waals surface area contributed by atoms with E-state index in [0.29, 0.717) is 5.56 Å². The van der Waals surface area contributed by atoms with E-state index < -0.39 is 0 Å². The zero-order valence-electron chi connectivity index (χ0n) is 11.2. The fourth-order valence-corrected chi connectivity index (χ4v) is 2.39. The van der Waals surface area contributed by atoms with Crippen LogP contribution >= 0.6 is 0 Å². The average Bonchev–Trinajstić information content (AvgIpc) is 2.44. The van der Waals surface area contributed by atoms with Crippen LogP contribution in [0.15, 0.2) is 24.3 Å². The van der Waals surface area contributed by atoms with Crippen LogP contribution in [-0.4, -0.2) is 43.0 Å². The van der Waals surface area contributed by atoms with Crippen LogP contribution < -0.4 is 10.6 Å². The Bertz CT molecular complexity index is 522. The van der Waals surface area contributed by atoms with Crippen molar-refractivity contribution >= 4 is 11.6 Å². The molecule has 2 N–H and O–H groups in total. The lowest BCUT2D eigenvalue weighted by Crippen LogP contribution is -2.62. The maximum absolute atomic E-state index is 12.2. The standard InChI is InChI=1S/C14H18N4O/c1-10-9-18(13(8-16)14(19)17(10)2)12-5-3-4-11(6-12)7-15/h3-6,10,13H,8-9,16H2,1-2H3. The molecule has 1 aromatic carbocycles. The van der Waals surface area contributed by atoms with Gasteiger partial charge in [0.25, 0.3) is 0 Å². The number of anilines is 1. The summed E-state index contributed by atoms with van der Waals surface area (Å²) in [7, 11) is 1.80. The summed E-state index contributed by atoms with van der Waals surface area (Å²) in [4.78, 5) is 16.0. The van der Waals surface area contributed by atoms with Gasteiger partial charge in [-0.15, -0.1) is 0 Å². The monoisotopic (exact) mass is 258 g/mol. The number of amides is 1. The van der Waals surface area contributed by atoms with Gasteiger partial charge in [0, 0.05) is 31.9 Å². The number of carbonyl (C=O) groups excluding carboxylic acids is 1. The van der Waals surface area contributed by atoms with E-state index in [9.17, 15) is 4.79 Å². The summed E-state index contributed by atoms with van der Waals surface area (Å²) < 4.78 is 0. The number of likely N-dealkylation sites (N-methyl/N-ethyl adjacent to an activating group) is 1. The number of hydrogen-bond acceptors (Lipinski definition) is 4. The fourth-order valence-electron chi connectivity index (χ4n) is 2.39. The predicted molar refractivity (Wildman–Crippen MR) is 73.6 cm³/mol. The molecule has 0 aromatic heterocycles. The first-order valence-corrected chi connectivity index (χ1v) is 6.32. The maximum atomic E-state index is 12.2. The van der Waals surface area contributed by atoms with Crippen molar-refractivity contribution in [3.8, 4) is 6.07 Å². The van der Waals surface area contributed by atoms with Crippen LogP contribution in [0.5, 0.6) is 0 Å². The van der Waals surface area contributed by atoms with E-state index >= 15 is 0 Å². The molecule has 1 amide bonds. The lowest BCUT2D eigenvalue weighted by Gasteiger charge is -2.44. The van der Waals surface area contributed by atoms with Gasteiger partial charge in [0.1, 0.15) is 6.04 Å². The Morgan fingerprint density at radius 2 is 2.26 bits per heavy atom. The van der Waals surface area contributed by atoms with Gasteiger partial charge in [0.2, 0.25) is 5.91 Å². The molecular weight excluding hydrogens is 240 g/mol. The summed E-state index contributed by atoms with van der Waals surface area (Å²) >= 11 is 0. The molecule has 5 nitrogen and oxygen atoms in total. The van der Waals surface area contributed by atoms with Crippen LogP contribution in [0.3, 0.4) is 0 Å². The highest BCUT2D eigenvalue weighted by Gasteiger charge is 2.35. The molecule has 2 unspecified atom stereocenters. The molecule has 1 aromatic rings. The highest BCUT2D eigenvalue weighted by molar-refractivity contribution is 5.87. The minimum Gasteiger partial charge on any atom is -0.356 e. The Morgan fingerprint density at radius 3 is 2.89 bits per heavy atom. The summed E-state index contributed by atoms with van der Waals surface area (Å²) in [6.07, 6.45) is 0. The largest absolute Gasteiger partial charge is 0.356 e. The molecule has 100 valence electrons. The predicted octanol–water partition coefficient (Wildman–Crippen LogP) is 0.552. The van der Waals surface area contributed by atoms with Crippen molar-refractivity contribution in [2.75, 3.05) is 25.0 Å². The van der Waals surface area contributed by atoms with Gasteiger partial charge < -0.3 is 15.5 Å². The maximum Gasteiger partial charge on any atom is 0.246 e. The fraction of sp³-hybridized carbons (Fsp3) is 0.429. The highest BCUT2D eigenvalue weighted by atomic mass is 16.2. The zero-order valence-corrected chi connectivity index (χ0v) is 11.2. The molecule has 1 fully saturated rings. The Morgan fingerprint density at radius 1 is 1.53 bits per heavy atom. The number of rotatable bonds is 2. The number of piperazine rings is 1. The van der Waals surface area contributed by atoms with E-state index in [2.05, 4.69) is 6.07 Å². The van der Waals surface area contributed by atoms with Crippen molar-refractivity contribution in [2.45, 2.75) is 19.0 Å². The van der Waals surface area contributed by atoms with E-state index in [-0.39, 0.29) is 24.5 Å². The Kier molecular flexibility index (Phi) is 3.72. The molecular formula is C14H18N4O. The molecule has 19 heavy (non-hydrogen) atoms. The first-order valence-electron chi connectivity index (χ1n) is 6.32. The molecule has 0 bridgehead atoms. The minimum absolute atomic E-state index is 0.0311. The second kappa shape index (κ2) is 5.29. The summed E-state index contributed by atoms with van der Waals surface area (Å²) in [6.45, 7) is 3.00. The van der Waals surface area contributed by atoms with Gasteiger partial charge in [-0.1, -0.05) is 6.07 Å². The molecule has 1 saturated heterocycles. The molecule has 0 radical (unpaired) electrons. The highest BCUT2D eigenvalue weighted by Crippen LogP contribution is 2.24. The Hall–Kier alpha value is -2.06. The molecule has 1 aliphatic heterocycles. The number of hydrogen-bond donors (Lipinski definition) is 1. The molecule has 0 aliphatic carbocycles. The van der Waals surface area contributed by atoms with E-state index in [1.807, 2.05) is 24.0 Å². The van der Waals surface area contributed by atoms with Crippen LogP contribution in [0.1, 0.15) is 12.5 Å². The second-order valence-electron chi connectivity index (χ2n) is 4.86. The van der Waals surface area contributed by atoms with Crippen LogP contribution in [0.25, 0.3) is 0 Å². The van der Waals surface area contributed by atoms with Crippen LogP contribution in [-0.2, 0) is 4.79 Å². The van der Waals surface area contributed by atoms with Gasteiger partial charge in [-0.05, 0) is 25.1 Å².